The molecule has 4 rings (SSSR count). The van der Waals surface area contributed by atoms with Crippen molar-refractivity contribution in [3.05, 3.63) is 53.7 Å². The summed E-state index contributed by atoms with van der Waals surface area (Å²) in [5.41, 5.74) is 2.07. The molecule has 1 aliphatic rings. The summed E-state index contributed by atoms with van der Waals surface area (Å²) in [6.07, 6.45) is 1.91. The van der Waals surface area contributed by atoms with Crippen molar-refractivity contribution in [1.82, 2.24) is 14.6 Å². The Kier molecular flexibility index (Phi) is 5.43. The normalized spacial score (nSPS) is 15.6. The number of rotatable bonds is 5. The molecule has 0 bridgehead atoms. The standard InChI is InChI=1S/C18H19ClN4S2/c19-16-5-6-17(18-15(16)7-8-21-18)22-24-13-1-3-14(4-2-13)25-23-11-9-20-10-12-23/h1-8,20-22H,9-12H2. The van der Waals surface area contributed by atoms with Gasteiger partial charge in [0.15, 0.2) is 0 Å². The number of nitrogens with zero attached hydrogens (tertiary/aromatic N) is 1. The highest BCUT2D eigenvalue weighted by molar-refractivity contribution is 8.00. The Balaban J connectivity index is 1.39. The third kappa shape index (κ3) is 4.10. The molecule has 0 unspecified atom stereocenters. The second-order valence-electron chi connectivity index (χ2n) is 5.81. The van der Waals surface area contributed by atoms with Gasteiger partial charge in [0.05, 0.1) is 16.2 Å². The van der Waals surface area contributed by atoms with Gasteiger partial charge in [-0.05, 0) is 66.4 Å². The molecular weight excluding hydrogens is 372 g/mol. The Bertz CT molecular complexity index is 844. The van der Waals surface area contributed by atoms with E-state index >= 15 is 0 Å². The average Bonchev–Trinajstić information content (AvgIpc) is 3.14. The van der Waals surface area contributed by atoms with Crippen molar-refractivity contribution in [2.45, 2.75) is 9.79 Å². The Morgan fingerprint density at radius 2 is 1.72 bits per heavy atom. The van der Waals surface area contributed by atoms with Crippen LogP contribution in [0.3, 0.4) is 0 Å². The molecule has 2 aromatic carbocycles. The molecule has 0 aliphatic carbocycles. The first-order valence-electron chi connectivity index (χ1n) is 8.22. The summed E-state index contributed by atoms with van der Waals surface area (Å²) in [7, 11) is 0. The number of fused-ring (bicyclic) bond motifs is 1. The predicted molar refractivity (Wildman–Crippen MR) is 110 cm³/mol. The molecule has 3 aromatic rings. The van der Waals surface area contributed by atoms with Gasteiger partial charge in [0.25, 0.3) is 0 Å². The zero-order valence-electron chi connectivity index (χ0n) is 13.6. The van der Waals surface area contributed by atoms with Gasteiger partial charge >= 0.3 is 0 Å². The maximum atomic E-state index is 6.22. The molecule has 0 saturated carbocycles. The van der Waals surface area contributed by atoms with E-state index in [0.717, 1.165) is 47.8 Å². The molecule has 1 saturated heterocycles. The van der Waals surface area contributed by atoms with Crippen molar-refractivity contribution in [3.63, 3.8) is 0 Å². The van der Waals surface area contributed by atoms with Crippen molar-refractivity contribution >= 4 is 52.1 Å². The molecule has 0 amide bonds. The Morgan fingerprint density at radius 3 is 2.52 bits per heavy atom. The van der Waals surface area contributed by atoms with Crippen LogP contribution >= 0.6 is 35.5 Å². The fraction of sp³-hybridized carbons (Fsp3) is 0.222. The van der Waals surface area contributed by atoms with Crippen LogP contribution in [-0.2, 0) is 0 Å². The zero-order valence-corrected chi connectivity index (χ0v) is 16.0. The topological polar surface area (TPSA) is 43.1 Å². The first kappa shape index (κ1) is 17.1. The van der Waals surface area contributed by atoms with Crippen molar-refractivity contribution in [2.75, 3.05) is 30.9 Å². The molecule has 7 heteroatoms. The minimum absolute atomic E-state index is 0.765. The lowest BCUT2D eigenvalue weighted by molar-refractivity contribution is 0.396. The van der Waals surface area contributed by atoms with Crippen LogP contribution in [0.5, 0.6) is 0 Å². The smallest absolute Gasteiger partial charge is 0.0713 e. The Labute approximate surface area is 161 Å². The van der Waals surface area contributed by atoms with Gasteiger partial charge in [0, 0.05) is 47.6 Å². The van der Waals surface area contributed by atoms with Crippen LogP contribution in [0.25, 0.3) is 10.9 Å². The summed E-state index contributed by atoms with van der Waals surface area (Å²) in [6.45, 7) is 4.31. The van der Waals surface area contributed by atoms with E-state index in [1.807, 2.05) is 36.3 Å². The van der Waals surface area contributed by atoms with Crippen molar-refractivity contribution < 1.29 is 0 Å². The lowest BCUT2D eigenvalue weighted by Gasteiger charge is -2.25. The molecule has 4 nitrogen and oxygen atoms in total. The fourth-order valence-electron chi connectivity index (χ4n) is 2.77. The number of benzene rings is 2. The predicted octanol–water partition coefficient (Wildman–Crippen LogP) is 4.85. The van der Waals surface area contributed by atoms with Gasteiger partial charge in [-0.3, -0.25) is 0 Å². The number of hydrogen-bond donors (Lipinski definition) is 3. The summed E-state index contributed by atoms with van der Waals surface area (Å²) < 4.78 is 5.83. The molecule has 3 N–H and O–H groups in total. The first-order valence-corrected chi connectivity index (χ1v) is 10.2. The lowest BCUT2D eigenvalue weighted by atomic mass is 10.2. The summed E-state index contributed by atoms with van der Waals surface area (Å²) in [5, 5.41) is 5.18. The number of halogens is 1. The van der Waals surface area contributed by atoms with Crippen LogP contribution in [0.4, 0.5) is 5.69 Å². The van der Waals surface area contributed by atoms with E-state index in [-0.39, 0.29) is 0 Å². The zero-order chi connectivity index (χ0) is 17.1. The Morgan fingerprint density at radius 1 is 0.960 bits per heavy atom. The van der Waals surface area contributed by atoms with Gasteiger partial charge in [-0.2, -0.15) is 0 Å². The van der Waals surface area contributed by atoms with E-state index in [1.165, 1.54) is 9.79 Å². The van der Waals surface area contributed by atoms with E-state index < -0.39 is 0 Å². The summed E-state index contributed by atoms with van der Waals surface area (Å²) in [4.78, 5) is 5.71. The molecule has 0 atom stereocenters. The average molecular weight is 391 g/mol. The maximum Gasteiger partial charge on any atom is 0.0713 e. The van der Waals surface area contributed by atoms with Crippen molar-refractivity contribution in [2.24, 2.45) is 0 Å². The summed E-state index contributed by atoms with van der Waals surface area (Å²) in [5.74, 6) is 0. The first-order chi connectivity index (χ1) is 12.3. The largest absolute Gasteiger partial charge is 0.359 e. The van der Waals surface area contributed by atoms with Gasteiger partial charge in [-0.15, -0.1) is 0 Å². The minimum atomic E-state index is 0.765. The quantitative estimate of drug-likeness (QED) is 0.543. The van der Waals surface area contributed by atoms with Crippen LogP contribution in [0, 0.1) is 0 Å². The molecular formula is C18H19ClN4S2. The monoisotopic (exact) mass is 390 g/mol. The number of anilines is 1. The SMILES string of the molecule is Clc1ccc(NSc2ccc(SN3CCNCC3)cc2)c2[nH]ccc12. The molecule has 2 heterocycles. The number of nitrogens with one attached hydrogen (secondary N) is 3. The Hall–Kier alpha value is -1.31. The molecule has 130 valence electrons. The molecule has 1 aliphatic heterocycles. The lowest BCUT2D eigenvalue weighted by Crippen LogP contribution is -2.39. The van der Waals surface area contributed by atoms with Gasteiger partial charge in [-0.1, -0.05) is 11.6 Å². The summed E-state index contributed by atoms with van der Waals surface area (Å²) >= 11 is 9.66. The molecule has 0 spiro atoms. The van der Waals surface area contributed by atoms with Crippen LogP contribution in [0.1, 0.15) is 0 Å². The fourth-order valence-corrected chi connectivity index (χ4v) is 4.58. The van der Waals surface area contributed by atoms with Crippen molar-refractivity contribution in [3.8, 4) is 0 Å². The van der Waals surface area contributed by atoms with Gasteiger partial charge in [-0.25, -0.2) is 4.31 Å². The van der Waals surface area contributed by atoms with Gasteiger partial charge < -0.3 is 15.0 Å². The molecule has 1 fully saturated rings. The van der Waals surface area contributed by atoms with E-state index in [4.69, 9.17) is 11.6 Å². The highest BCUT2D eigenvalue weighted by atomic mass is 35.5. The third-order valence-electron chi connectivity index (χ3n) is 4.08. The van der Waals surface area contributed by atoms with Crippen molar-refractivity contribution in [1.29, 1.82) is 0 Å². The van der Waals surface area contributed by atoms with E-state index in [1.54, 1.807) is 11.9 Å². The second kappa shape index (κ2) is 7.93. The van der Waals surface area contributed by atoms with E-state index in [9.17, 15) is 0 Å². The highest BCUT2D eigenvalue weighted by Crippen LogP contribution is 2.32. The summed E-state index contributed by atoms with van der Waals surface area (Å²) in [6, 6.07) is 14.6. The third-order valence-corrected chi connectivity index (χ3v) is 6.35. The second-order valence-corrected chi connectivity index (χ2v) is 8.26. The van der Waals surface area contributed by atoms with Crippen LogP contribution < -0.4 is 10.0 Å². The number of aromatic amines is 1. The molecule has 25 heavy (non-hydrogen) atoms. The van der Waals surface area contributed by atoms with E-state index in [0.29, 0.717) is 0 Å². The number of H-pyrrole nitrogens is 1. The number of hydrogen-bond acceptors (Lipinski definition) is 5. The van der Waals surface area contributed by atoms with Crippen LogP contribution in [-0.4, -0.2) is 35.5 Å². The molecule has 1 aromatic heterocycles. The number of aromatic nitrogens is 1. The van der Waals surface area contributed by atoms with E-state index in [2.05, 4.69) is 43.6 Å². The number of piperazine rings is 1. The minimum Gasteiger partial charge on any atom is -0.359 e. The molecule has 0 radical (unpaired) electrons. The highest BCUT2D eigenvalue weighted by Gasteiger charge is 2.11. The van der Waals surface area contributed by atoms with Gasteiger partial charge in [0.1, 0.15) is 0 Å². The van der Waals surface area contributed by atoms with Gasteiger partial charge in [0.2, 0.25) is 0 Å². The van der Waals surface area contributed by atoms with Crippen LogP contribution in [0.2, 0.25) is 5.02 Å². The van der Waals surface area contributed by atoms with Crippen LogP contribution in [0.15, 0.2) is 58.5 Å². The maximum absolute atomic E-state index is 6.22.